The molecular formula is C15H19BrFN3. The van der Waals surface area contributed by atoms with E-state index in [1.54, 1.807) is 12.1 Å². The lowest BCUT2D eigenvalue weighted by Crippen LogP contribution is -2.13. The van der Waals surface area contributed by atoms with Gasteiger partial charge in [-0.1, -0.05) is 22.9 Å². The first kappa shape index (κ1) is 15.2. The Kier molecular flexibility index (Phi) is 4.94. The molecule has 1 aromatic carbocycles. The number of hydrogen-bond donors (Lipinski definition) is 1. The lowest BCUT2D eigenvalue weighted by Gasteiger charge is -2.08. The Bertz CT molecular complexity index is 607. The zero-order valence-electron chi connectivity index (χ0n) is 12.0. The van der Waals surface area contributed by atoms with Crippen LogP contribution in [-0.2, 0) is 13.1 Å². The summed E-state index contributed by atoms with van der Waals surface area (Å²) in [7, 11) is 0. The van der Waals surface area contributed by atoms with Crippen molar-refractivity contribution in [2.24, 2.45) is 0 Å². The van der Waals surface area contributed by atoms with Gasteiger partial charge in [0.05, 0.1) is 12.2 Å². The predicted molar refractivity (Wildman–Crippen MR) is 82.3 cm³/mol. The molecule has 108 valence electrons. The number of rotatable bonds is 5. The lowest BCUT2D eigenvalue weighted by molar-refractivity contribution is 0.614. The molecule has 0 amide bonds. The second-order valence-corrected chi connectivity index (χ2v) is 5.68. The number of nitrogens with zero attached hydrogens (tertiary/aromatic N) is 2. The van der Waals surface area contributed by atoms with Crippen molar-refractivity contribution in [2.75, 3.05) is 6.54 Å². The summed E-state index contributed by atoms with van der Waals surface area (Å²) in [6.45, 7) is 8.46. The summed E-state index contributed by atoms with van der Waals surface area (Å²) in [5.41, 5.74) is 4.26. The SMILES string of the molecule is CCNCc1c(C)nn(Cc2cc(F)ccc2Br)c1C. The Balaban J connectivity index is 2.27. The van der Waals surface area contributed by atoms with Crippen LogP contribution in [0.4, 0.5) is 4.39 Å². The summed E-state index contributed by atoms with van der Waals surface area (Å²) in [4.78, 5) is 0. The van der Waals surface area contributed by atoms with Crippen molar-refractivity contribution in [3.63, 3.8) is 0 Å². The monoisotopic (exact) mass is 339 g/mol. The molecule has 3 nitrogen and oxygen atoms in total. The van der Waals surface area contributed by atoms with Gasteiger partial charge in [-0.3, -0.25) is 4.68 Å². The van der Waals surface area contributed by atoms with Gasteiger partial charge in [0, 0.05) is 22.3 Å². The third-order valence-corrected chi connectivity index (χ3v) is 4.18. The largest absolute Gasteiger partial charge is 0.313 e. The highest BCUT2D eigenvalue weighted by Gasteiger charge is 2.12. The van der Waals surface area contributed by atoms with Crippen molar-refractivity contribution in [2.45, 2.75) is 33.9 Å². The van der Waals surface area contributed by atoms with Gasteiger partial charge in [0.25, 0.3) is 0 Å². The van der Waals surface area contributed by atoms with Gasteiger partial charge in [-0.05, 0) is 44.2 Å². The van der Waals surface area contributed by atoms with E-state index in [0.29, 0.717) is 6.54 Å². The van der Waals surface area contributed by atoms with Crippen LogP contribution < -0.4 is 5.32 Å². The Labute approximate surface area is 127 Å². The summed E-state index contributed by atoms with van der Waals surface area (Å²) in [6.07, 6.45) is 0. The second-order valence-electron chi connectivity index (χ2n) is 4.82. The molecule has 2 aromatic rings. The molecule has 0 spiro atoms. The highest BCUT2D eigenvalue weighted by Crippen LogP contribution is 2.21. The summed E-state index contributed by atoms with van der Waals surface area (Å²) < 4.78 is 16.2. The zero-order chi connectivity index (χ0) is 14.7. The Hall–Kier alpha value is -1.20. The van der Waals surface area contributed by atoms with Crippen molar-refractivity contribution in [3.05, 3.63) is 51.0 Å². The molecule has 1 N–H and O–H groups in total. The normalized spacial score (nSPS) is 11.1. The van der Waals surface area contributed by atoms with E-state index in [1.807, 2.05) is 11.6 Å². The highest BCUT2D eigenvalue weighted by molar-refractivity contribution is 9.10. The second kappa shape index (κ2) is 6.50. The van der Waals surface area contributed by atoms with E-state index in [0.717, 1.165) is 34.5 Å². The minimum Gasteiger partial charge on any atom is -0.313 e. The first-order chi connectivity index (χ1) is 9.52. The van der Waals surface area contributed by atoms with Crippen LogP contribution in [0.5, 0.6) is 0 Å². The first-order valence-electron chi connectivity index (χ1n) is 6.70. The van der Waals surface area contributed by atoms with Crippen LogP contribution in [0, 0.1) is 19.7 Å². The molecule has 2 rings (SSSR count). The fourth-order valence-electron chi connectivity index (χ4n) is 2.22. The van der Waals surface area contributed by atoms with Crippen molar-refractivity contribution < 1.29 is 4.39 Å². The predicted octanol–water partition coefficient (Wildman–Crippen LogP) is 3.56. The molecule has 5 heteroatoms. The van der Waals surface area contributed by atoms with Crippen molar-refractivity contribution in [1.82, 2.24) is 15.1 Å². The van der Waals surface area contributed by atoms with Crippen LogP contribution in [0.1, 0.15) is 29.4 Å². The van der Waals surface area contributed by atoms with E-state index in [1.165, 1.54) is 11.6 Å². The average molecular weight is 340 g/mol. The van der Waals surface area contributed by atoms with E-state index < -0.39 is 0 Å². The molecule has 1 aromatic heterocycles. The summed E-state index contributed by atoms with van der Waals surface area (Å²) in [6, 6.07) is 4.73. The standard InChI is InChI=1S/C15H19BrFN3/c1-4-18-8-14-10(2)19-20(11(14)3)9-12-7-13(17)5-6-15(12)16/h5-7,18H,4,8-9H2,1-3H3. The van der Waals surface area contributed by atoms with E-state index in [9.17, 15) is 4.39 Å². The van der Waals surface area contributed by atoms with E-state index in [2.05, 4.69) is 40.2 Å². The number of hydrogen-bond acceptors (Lipinski definition) is 2. The van der Waals surface area contributed by atoms with Crippen molar-refractivity contribution >= 4 is 15.9 Å². The molecular weight excluding hydrogens is 321 g/mol. The fraction of sp³-hybridized carbons (Fsp3) is 0.400. The van der Waals surface area contributed by atoms with Crippen LogP contribution in [0.3, 0.4) is 0 Å². The molecule has 0 atom stereocenters. The van der Waals surface area contributed by atoms with Gasteiger partial charge >= 0.3 is 0 Å². The number of aromatic nitrogens is 2. The number of halogens is 2. The molecule has 0 saturated carbocycles. The molecule has 0 radical (unpaired) electrons. The van der Waals surface area contributed by atoms with Crippen LogP contribution in [-0.4, -0.2) is 16.3 Å². The average Bonchev–Trinajstić information content (AvgIpc) is 2.67. The highest BCUT2D eigenvalue weighted by atomic mass is 79.9. The van der Waals surface area contributed by atoms with E-state index in [-0.39, 0.29) is 5.82 Å². The van der Waals surface area contributed by atoms with E-state index >= 15 is 0 Å². The van der Waals surface area contributed by atoms with Crippen LogP contribution in [0.15, 0.2) is 22.7 Å². The summed E-state index contributed by atoms with van der Waals surface area (Å²) in [5, 5.41) is 7.88. The maximum absolute atomic E-state index is 13.3. The molecule has 20 heavy (non-hydrogen) atoms. The van der Waals surface area contributed by atoms with Crippen LogP contribution >= 0.6 is 15.9 Å². The number of benzene rings is 1. The topological polar surface area (TPSA) is 29.9 Å². The van der Waals surface area contributed by atoms with Gasteiger partial charge in [0.15, 0.2) is 0 Å². The van der Waals surface area contributed by atoms with Gasteiger partial charge in [0.2, 0.25) is 0 Å². The Morgan fingerprint density at radius 1 is 1.35 bits per heavy atom. The first-order valence-corrected chi connectivity index (χ1v) is 7.49. The molecule has 0 aliphatic heterocycles. The third-order valence-electron chi connectivity index (χ3n) is 3.41. The van der Waals surface area contributed by atoms with Gasteiger partial charge in [-0.25, -0.2) is 4.39 Å². The molecule has 0 aliphatic rings. The number of aryl methyl sites for hydroxylation is 1. The zero-order valence-corrected chi connectivity index (χ0v) is 13.6. The van der Waals surface area contributed by atoms with Crippen molar-refractivity contribution in [3.8, 4) is 0 Å². The molecule has 0 saturated heterocycles. The van der Waals surface area contributed by atoms with Crippen molar-refractivity contribution in [1.29, 1.82) is 0 Å². The quantitative estimate of drug-likeness (QED) is 0.902. The van der Waals surface area contributed by atoms with Crippen LogP contribution in [0.25, 0.3) is 0 Å². The molecule has 0 aliphatic carbocycles. The maximum Gasteiger partial charge on any atom is 0.123 e. The summed E-state index contributed by atoms with van der Waals surface area (Å²) in [5.74, 6) is -0.224. The molecule has 0 unspecified atom stereocenters. The smallest absolute Gasteiger partial charge is 0.123 e. The molecule has 1 heterocycles. The molecule has 0 fully saturated rings. The van der Waals surface area contributed by atoms with Gasteiger partial charge in [-0.2, -0.15) is 5.10 Å². The van der Waals surface area contributed by atoms with Crippen LogP contribution in [0.2, 0.25) is 0 Å². The van der Waals surface area contributed by atoms with Gasteiger partial charge < -0.3 is 5.32 Å². The Morgan fingerprint density at radius 3 is 2.80 bits per heavy atom. The molecule has 0 bridgehead atoms. The van der Waals surface area contributed by atoms with E-state index in [4.69, 9.17) is 0 Å². The van der Waals surface area contributed by atoms with Gasteiger partial charge in [-0.15, -0.1) is 0 Å². The fourth-order valence-corrected chi connectivity index (χ4v) is 2.59. The van der Waals surface area contributed by atoms with Gasteiger partial charge in [0.1, 0.15) is 5.82 Å². The lowest BCUT2D eigenvalue weighted by atomic mass is 10.2. The minimum atomic E-state index is -0.224. The Morgan fingerprint density at radius 2 is 2.10 bits per heavy atom. The maximum atomic E-state index is 13.3. The minimum absolute atomic E-state index is 0.224. The summed E-state index contributed by atoms with van der Waals surface area (Å²) >= 11 is 3.46. The third kappa shape index (κ3) is 3.27. The number of nitrogens with one attached hydrogen (secondary N) is 1.